The molecule has 5 heteroatoms. The summed E-state index contributed by atoms with van der Waals surface area (Å²) in [5, 5.41) is 0. The molecule has 0 atom stereocenters. The summed E-state index contributed by atoms with van der Waals surface area (Å²) in [6.07, 6.45) is 1.98. The third kappa shape index (κ3) is 3.71. The number of Topliss-reactive ketones (excluding diaryl/α,β-unsaturated/α-hetero) is 1. The van der Waals surface area contributed by atoms with Crippen molar-refractivity contribution in [3.8, 4) is 5.75 Å². The van der Waals surface area contributed by atoms with Crippen LogP contribution >= 0.6 is 0 Å². The van der Waals surface area contributed by atoms with E-state index in [4.69, 9.17) is 9.47 Å². The summed E-state index contributed by atoms with van der Waals surface area (Å²) in [6, 6.07) is 5.76. The number of carbonyl (C=O) groups is 2. The van der Waals surface area contributed by atoms with Crippen LogP contribution in [0.15, 0.2) is 18.2 Å². The summed E-state index contributed by atoms with van der Waals surface area (Å²) >= 11 is 0. The van der Waals surface area contributed by atoms with Crippen LogP contribution in [0.1, 0.15) is 49.5 Å². The fourth-order valence-electron chi connectivity index (χ4n) is 3.21. The predicted molar refractivity (Wildman–Crippen MR) is 90.5 cm³/mol. The minimum absolute atomic E-state index is 0.0388. The van der Waals surface area contributed by atoms with Gasteiger partial charge in [-0.05, 0) is 45.2 Å². The van der Waals surface area contributed by atoms with Crippen LogP contribution in [0.3, 0.4) is 0 Å². The number of nitrogens with zero attached hydrogens (tertiary/aromatic N) is 1. The van der Waals surface area contributed by atoms with Crippen LogP contribution in [0.2, 0.25) is 0 Å². The van der Waals surface area contributed by atoms with Gasteiger partial charge in [-0.25, -0.2) is 4.79 Å². The van der Waals surface area contributed by atoms with E-state index in [9.17, 15) is 9.59 Å². The molecular formula is C19H25NO4. The molecule has 2 aliphatic rings. The fraction of sp³-hybridized carbons (Fsp3) is 0.579. The predicted octanol–water partition coefficient (Wildman–Crippen LogP) is 3.45. The fourth-order valence-corrected chi connectivity index (χ4v) is 3.21. The van der Waals surface area contributed by atoms with Crippen LogP contribution in [0.4, 0.5) is 4.79 Å². The number of ether oxygens (including phenoxy) is 2. The second kappa shape index (κ2) is 6.46. The van der Waals surface area contributed by atoms with Gasteiger partial charge >= 0.3 is 6.09 Å². The van der Waals surface area contributed by atoms with E-state index in [2.05, 4.69) is 0 Å². The van der Waals surface area contributed by atoms with Gasteiger partial charge in [0.05, 0.1) is 6.61 Å². The van der Waals surface area contributed by atoms with E-state index >= 15 is 0 Å². The lowest BCUT2D eigenvalue weighted by Crippen LogP contribution is -2.43. The Morgan fingerprint density at radius 2 is 1.92 bits per heavy atom. The van der Waals surface area contributed by atoms with Gasteiger partial charge in [-0.3, -0.25) is 4.79 Å². The Morgan fingerprint density at radius 3 is 2.58 bits per heavy atom. The highest BCUT2D eigenvalue weighted by Crippen LogP contribution is 2.29. The number of piperidine rings is 1. The maximum Gasteiger partial charge on any atom is 0.410 e. The number of fused-ring (bicyclic) bond motifs is 1. The maximum absolute atomic E-state index is 12.7. The third-order valence-electron chi connectivity index (χ3n) is 4.50. The van der Waals surface area contributed by atoms with Crippen LogP contribution in [0, 0.1) is 5.92 Å². The van der Waals surface area contributed by atoms with E-state index in [0.29, 0.717) is 38.1 Å². The van der Waals surface area contributed by atoms with Crippen molar-refractivity contribution < 1.29 is 19.1 Å². The van der Waals surface area contributed by atoms with Gasteiger partial charge < -0.3 is 14.4 Å². The number of carbonyl (C=O) groups excluding carboxylic acids is 2. The zero-order valence-electron chi connectivity index (χ0n) is 14.6. The standard InChI is InChI=1S/C19H25NO4/c1-19(2,3)24-18(22)20-9-6-14(7-10-20)17(21)15-5-4-13-8-11-23-16(13)12-15/h4-5,12,14H,6-11H2,1-3H3. The highest BCUT2D eigenvalue weighted by Gasteiger charge is 2.30. The van der Waals surface area contributed by atoms with Gasteiger partial charge in [0.25, 0.3) is 0 Å². The summed E-state index contributed by atoms with van der Waals surface area (Å²) in [7, 11) is 0. The molecule has 0 saturated carbocycles. The summed E-state index contributed by atoms with van der Waals surface area (Å²) in [6.45, 7) is 7.39. The van der Waals surface area contributed by atoms with Crippen molar-refractivity contribution in [3.63, 3.8) is 0 Å². The molecule has 0 aromatic heterocycles. The lowest BCUT2D eigenvalue weighted by molar-refractivity contribution is 0.0182. The molecule has 2 aliphatic heterocycles. The smallest absolute Gasteiger partial charge is 0.410 e. The van der Waals surface area contributed by atoms with Gasteiger partial charge in [0.15, 0.2) is 5.78 Å². The second-order valence-electron chi connectivity index (χ2n) is 7.53. The number of ketones is 1. The van der Waals surface area contributed by atoms with Crippen molar-refractivity contribution in [1.82, 2.24) is 4.90 Å². The maximum atomic E-state index is 12.7. The first kappa shape index (κ1) is 16.8. The third-order valence-corrected chi connectivity index (χ3v) is 4.50. The van der Waals surface area contributed by atoms with Crippen molar-refractivity contribution in [2.75, 3.05) is 19.7 Å². The molecule has 1 aromatic rings. The first-order valence-electron chi connectivity index (χ1n) is 8.61. The monoisotopic (exact) mass is 331 g/mol. The highest BCUT2D eigenvalue weighted by molar-refractivity contribution is 5.98. The minimum Gasteiger partial charge on any atom is -0.493 e. The van der Waals surface area contributed by atoms with Crippen molar-refractivity contribution in [2.24, 2.45) is 5.92 Å². The number of hydrogen-bond acceptors (Lipinski definition) is 4. The average molecular weight is 331 g/mol. The van der Waals surface area contributed by atoms with Crippen LogP contribution in [0.5, 0.6) is 5.75 Å². The van der Waals surface area contributed by atoms with Crippen LogP contribution in [-0.2, 0) is 11.2 Å². The Kier molecular flexibility index (Phi) is 4.52. The molecule has 0 radical (unpaired) electrons. The molecule has 1 saturated heterocycles. The molecule has 0 bridgehead atoms. The molecule has 1 amide bonds. The summed E-state index contributed by atoms with van der Waals surface area (Å²) < 4.78 is 10.9. The Bertz CT molecular complexity index is 639. The molecule has 130 valence electrons. The van der Waals surface area contributed by atoms with Gasteiger partial charge in [-0.1, -0.05) is 12.1 Å². The van der Waals surface area contributed by atoms with Crippen molar-refractivity contribution in [1.29, 1.82) is 0 Å². The lowest BCUT2D eigenvalue weighted by Gasteiger charge is -2.33. The molecule has 0 unspecified atom stereocenters. The summed E-state index contributed by atoms with van der Waals surface area (Å²) in [4.78, 5) is 26.5. The molecule has 1 aromatic carbocycles. The Morgan fingerprint density at radius 1 is 1.21 bits per heavy atom. The van der Waals surface area contributed by atoms with Crippen molar-refractivity contribution in [3.05, 3.63) is 29.3 Å². The zero-order chi connectivity index (χ0) is 17.3. The molecule has 5 nitrogen and oxygen atoms in total. The van der Waals surface area contributed by atoms with E-state index < -0.39 is 5.60 Å². The molecule has 2 heterocycles. The van der Waals surface area contributed by atoms with E-state index in [0.717, 1.165) is 12.2 Å². The number of rotatable bonds is 2. The van der Waals surface area contributed by atoms with Crippen LogP contribution in [0.25, 0.3) is 0 Å². The molecule has 0 N–H and O–H groups in total. The molecule has 3 rings (SSSR count). The van der Waals surface area contributed by atoms with Gasteiger partial charge in [0, 0.05) is 31.0 Å². The lowest BCUT2D eigenvalue weighted by atomic mass is 9.88. The molecule has 0 aliphatic carbocycles. The Hall–Kier alpha value is -2.04. The number of likely N-dealkylation sites (tertiary alicyclic amines) is 1. The van der Waals surface area contributed by atoms with Gasteiger partial charge in [-0.2, -0.15) is 0 Å². The van der Waals surface area contributed by atoms with Crippen LogP contribution < -0.4 is 4.74 Å². The minimum atomic E-state index is -0.492. The Balaban J connectivity index is 1.58. The van der Waals surface area contributed by atoms with Gasteiger partial charge in [-0.15, -0.1) is 0 Å². The first-order chi connectivity index (χ1) is 11.3. The molecular weight excluding hydrogens is 306 g/mol. The van der Waals surface area contributed by atoms with E-state index in [1.165, 1.54) is 5.56 Å². The van der Waals surface area contributed by atoms with Gasteiger partial charge in [0.2, 0.25) is 0 Å². The first-order valence-corrected chi connectivity index (χ1v) is 8.61. The SMILES string of the molecule is CC(C)(C)OC(=O)N1CCC(C(=O)c2ccc3c(c2)OCC3)CC1. The largest absolute Gasteiger partial charge is 0.493 e. The van der Waals surface area contributed by atoms with Crippen molar-refractivity contribution >= 4 is 11.9 Å². The van der Waals surface area contributed by atoms with E-state index in [1.54, 1.807) is 4.90 Å². The number of hydrogen-bond donors (Lipinski definition) is 0. The number of benzene rings is 1. The summed E-state index contributed by atoms with van der Waals surface area (Å²) in [5.41, 5.74) is 1.39. The second-order valence-corrected chi connectivity index (χ2v) is 7.53. The normalized spacial score (nSPS) is 18.0. The van der Waals surface area contributed by atoms with Crippen molar-refractivity contribution in [2.45, 2.75) is 45.6 Å². The molecule has 24 heavy (non-hydrogen) atoms. The van der Waals surface area contributed by atoms with Crippen LogP contribution in [-0.4, -0.2) is 42.1 Å². The average Bonchev–Trinajstić information content (AvgIpc) is 3.00. The highest BCUT2D eigenvalue weighted by atomic mass is 16.6. The number of amides is 1. The van der Waals surface area contributed by atoms with Gasteiger partial charge in [0.1, 0.15) is 11.4 Å². The zero-order valence-corrected chi connectivity index (χ0v) is 14.6. The van der Waals surface area contributed by atoms with E-state index in [1.807, 2.05) is 39.0 Å². The topological polar surface area (TPSA) is 55.8 Å². The Labute approximate surface area is 142 Å². The quantitative estimate of drug-likeness (QED) is 0.779. The summed E-state index contributed by atoms with van der Waals surface area (Å²) in [5.74, 6) is 0.951. The van der Waals surface area contributed by atoms with E-state index in [-0.39, 0.29) is 17.8 Å². The molecule has 1 fully saturated rings. The molecule has 0 spiro atoms.